The summed E-state index contributed by atoms with van der Waals surface area (Å²) in [5, 5.41) is 0. The van der Waals surface area contributed by atoms with Gasteiger partial charge >= 0.3 is 0 Å². The lowest BCUT2D eigenvalue weighted by molar-refractivity contribution is -0.136. The zero-order valence-corrected chi connectivity index (χ0v) is 12.6. The molecule has 0 N–H and O–H groups in total. The number of nitrogens with zero attached hydrogens (tertiary/aromatic N) is 2. The third-order valence-electron chi connectivity index (χ3n) is 3.87. The minimum atomic E-state index is 0.221. The van der Waals surface area contributed by atoms with Crippen LogP contribution in [0.25, 0.3) is 0 Å². The largest absolute Gasteiger partial charge is 0.473 e. The van der Waals surface area contributed by atoms with Gasteiger partial charge in [0.15, 0.2) is 0 Å². The first-order valence-electron chi connectivity index (χ1n) is 7.20. The van der Waals surface area contributed by atoms with Crippen LogP contribution in [0.5, 0.6) is 5.88 Å². The lowest BCUT2D eigenvalue weighted by atomic mass is 9.92. The second kappa shape index (κ2) is 5.64. The van der Waals surface area contributed by atoms with Crippen molar-refractivity contribution in [3.05, 3.63) is 24.4 Å². The van der Waals surface area contributed by atoms with Gasteiger partial charge in [-0.1, -0.05) is 13.0 Å². The summed E-state index contributed by atoms with van der Waals surface area (Å²) >= 11 is 1.95. The van der Waals surface area contributed by atoms with Crippen molar-refractivity contribution in [2.24, 2.45) is 0 Å². The second-order valence-electron chi connectivity index (χ2n) is 5.61. The Morgan fingerprint density at radius 2 is 2.40 bits per heavy atom. The molecule has 2 aliphatic heterocycles. The van der Waals surface area contributed by atoms with Crippen LogP contribution in [0.4, 0.5) is 0 Å². The van der Waals surface area contributed by atoms with Crippen LogP contribution in [0.1, 0.15) is 26.2 Å². The van der Waals surface area contributed by atoms with Crippen LogP contribution in [0.15, 0.2) is 24.4 Å². The monoisotopic (exact) mass is 292 g/mol. The molecular formula is C15H20N2O2S. The molecule has 20 heavy (non-hydrogen) atoms. The van der Waals surface area contributed by atoms with Crippen molar-refractivity contribution in [2.45, 2.75) is 37.0 Å². The fourth-order valence-corrected chi connectivity index (χ4v) is 4.41. The van der Waals surface area contributed by atoms with Crippen LogP contribution < -0.4 is 4.74 Å². The summed E-state index contributed by atoms with van der Waals surface area (Å²) in [7, 11) is 0. The number of hydrogen-bond acceptors (Lipinski definition) is 4. The number of thioether (sulfide) groups is 1. The Labute approximate surface area is 123 Å². The highest BCUT2D eigenvalue weighted by Gasteiger charge is 2.51. The molecule has 1 atom stereocenters. The fraction of sp³-hybridized carbons (Fsp3) is 0.600. The van der Waals surface area contributed by atoms with Crippen molar-refractivity contribution < 1.29 is 9.53 Å². The summed E-state index contributed by atoms with van der Waals surface area (Å²) in [4.78, 5) is 18.0. The third-order valence-corrected chi connectivity index (χ3v) is 5.45. The van der Waals surface area contributed by atoms with E-state index in [0.29, 0.717) is 18.2 Å². The highest BCUT2D eigenvalue weighted by Crippen LogP contribution is 2.46. The van der Waals surface area contributed by atoms with E-state index in [2.05, 4.69) is 11.9 Å². The molecule has 1 aromatic heterocycles. The number of ether oxygens (including phenoxy) is 1. The Morgan fingerprint density at radius 3 is 3.10 bits per heavy atom. The van der Waals surface area contributed by atoms with Crippen LogP contribution in [0, 0.1) is 0 Å². The van der Waals surface area contributed by atoms with Crippen molar-refractivity contribution in [3.63, 3.8) is 0 Å². The molecule has 0 aliphatic carbocycles. The maximum atomic E-state index is 11.8. The molecule has 3 rings (SSSR count). The molecule has 4 nitrogen and oxygen atoms in total. The quantitative estimate of drug-likeness (QED) is 0.854. The van der Waals surface area contributed by atoms with Gasteiger partial charge in [-0.3, -0.25) is 4.79 Å². The van der Waals surface area contributed by atoms with Crippen molar-refractivity contribution >= 4 is 17.7 Å². The van der Waals surface area contributed by atoms with E-state index >= 15 is 0 Å². The Kier molecular flexibility index (Phi) is 3.87. The van der Waals surface area contributed by atoms with E-state index in [1.807, 2.05) is 34.9 Å². The highest BCUT2D eigenvalue weighted by atomic mass is 32.2. The average Bonchev–Trinajstić information content (AvgIpc) is 2.83. The SMILES string of the molecule is CCCC(=O)N1CC2(C[C@H](Oc3ccccn3)CS2)C1. The molecular weight excluding hydrogens is 272 g/mol. The number of carbonyl (C=O) groups is 1. The first kappa shape index (κ1) is 13.7. The lowest BCUT2D eigenvalue weighted by Gasteiger charge is -2.47. The Morgan fingerprint density at radius 1 is 1.55 bits per heavy atom. The van der Waals surface area contributed by atoms with Crippen molar-refractivity contribution in [2.75, 3.05) is 18.8 Å². The average molecular weight is 292 g/mol. The smallest absolute Gasteiger partial charge is 0.222 e. The number of carbonyl (C=O) groups excluding carboxylic acids is 1. The summed E-state index contributed by atoms with van der Waals surface area (Å²) in [5.74, 6) is 1.99. The number of amides is 1. The van der Waals surface area contributed by atoms with Gasteiger partial charge in [-0.05, 0) is 12.5 Å². The summed E-state index contributed by atoms with van der Waals surface area (Å²) in [6.07, 6.45) is 4.60. The van der Waals surface area contributed by atoms with Gasteiger partial charge in [0.05, 0.1) is 4.75 Å². The van der Waals surface area contributed by atoms with Gasteiger partial charge in [0, 0.05) is 43.9 Å². The van der Waals surface area contributed by atoms with Crippen LogP contribution in [0.3, 0.4) is 0 Å². The number of likely N-dealkylation sites (tertiary alicyclic amines) is 1. The summed E-state index contributed by atoms with van der Waals surface area (Å²) < 4.78 is 6.15. The van der Waals surface area contributed by atoms with E-state index in [4.69, 9.17) is 4.74 Å². The van der Waals surface area contributed by atoms with Crippen molar-refractivity contribution in [1.29, 1.82) is 0 Å². The minimum Gasteiger partial charge on any atom is -0.473 e. The van der Waals surface area contributed by atoms with Crippen LogP contribution in [0.2, 0.25) is 0 Å². The van der Waals surface area contributed by atoms with Gasteiger partial charge in [0.25, 0.3) is 0 Å². The standard InChI is InChI=1S/C15H20N2O2S/c1-2-5-14(18)17-10-15(11-17)8-12(9-20-15)19-13-6-3-4-7-16-13/h3-4,6-7,12H,2,5,8-11H2,1H3/t12-/m0/s1. The molecule has 1 amide bonds. The molecule has 0 unspecified atom stereocenters. The van der Waals surface area contributed by atoms with E-state index < -0.39 is 0 Å². The zero-order chi connectivity index (χ0) is 14.0. The van der Waals surface area contributed by atoms with E-state index in [0.717, 1.165) is 31.7 Å². The predicted octanol–water partition coefficient (Wildman–Crippen LogP) is 2.35. The summed E-state index contributed by atoms with van der Waals surface area (Å²) in [6, 6.07) is 5.73. The molecule has 2 aliphatic rings. The van der Waals surface area contributed by atoms with Crippen LogP contribution in [-0.4, -0.2) is 45.5 Å². The van der Waals surface area contributed by atoms with Gasteiger partial charge in [-0.25, -0.2) is 4.98 Å². The lowest BCUT2D eigenvalue weighted by Crippen LogP contribution is -2.60. The van der Waals surface area contributed by atoms with Gasteiger partial charge in [0.2, 0.25) is 11.8 Å². The summed E-state index contributed by atoms with van der Waals surface area (Å²) in [5.41, 5.74) is 0. The highest BCUT2D eigenvalue weighted by molar-refractivity contribution is 8.01. The molecule has 3 heterocycles. The first-order chi connectivity index (χ1) is 9.71. The molecule has 5 heteroatoms. The number of aromatic nitrogens is 1. The molecule has 2 fully saturated rings. The van der Waals surface area contributed by atoms with E-state index in [-0.39, 0.29) is 10.9 Å². The molecule has 0 aromatic carbocycles. The molecule has 1 aromatic rings. The van der Waals surface area contributed by atoms with E-state index in [9.17, 15) is 4.79 Å². The second-order valence-corrected chi connectivity index (χ2v) is 7.09. The van der Waals surface area contributed by atoms with Crippen LogP contribution in [-0.2, 0) is 4.79 Å². The topological polar surface area (TPSA) is 42.4 Å². The normalized spacial score (nSPS) is 23.6. The molecule has 2 saturated heterocycles. The van der Waals surface area contributed by atoms with Gasteiger partial charge in [0.1, 0.15) is 6.10 Å². The van der Waals surface area contributed by atoms with Crippen molar-refractivity contribution in [1.82, 2.24) is 9.88 Å². The van der Waals surface area contributed by atoms with Crippen molar-refractivity contribution in [3.8, 4) is 5.88 Å². The van der Waals surface area contributed by atoms with Gasteiger partial charge < -0.3 is 9.64 Å². The molecule has 0 radical (unpaired) electrons. The summed E-state index contributed by atoms with van der Waals surface area (Å²) in [6.45, 7) is 3.83. The molecule has 0 bridgehead atoms. The molecule has 1 spiro atoms. The molecule has 0 saturated carbocycles. The van der Waals surface area contributed by atoms with Gasteiger partial charge in [-0.15, -0.1) is 11.8 Å². The maximum Gasteiger partial charge on any atom is 0.222 e. The number of hydrogen-bond donors (Lipinski definition) is 0. The number of rotatable bonds is 4. The molecule has 108 valence electrons. The zero-order valence-electron chi connectivity index (χ0n) is 11.7. The minimum absolute atomic E-state index is 0.221. The van der Waals surface area contributed by atoms with E-state index in [1.165, 1.54) is 0 Å². The first-order valence-corrected chi connectivity index (χ1v) is 8.19. The van der Waals surface area contributed by atoms with Crippen LogP contribution >= 0.6 is 11.8 Å². The fourth-order valence-electron chi connectivity index (χ4n) is 2.88. The number of pyridine rings is 1. The third kappa shape index (κ3) is 2.77. The Bertz CT molecular complexity index is 474. The van der Waals surface area contributed by atoms with Gasteiger partial charge in [-0.2, -0.15) is 0 Å². The van der Waals surface area contributed by atoms with E-state index in [1.54, 1.807) is 6.20 Å². The Balaban J connectivity index is 1.50. The predicted molar refractivity (Wildman–Crippen MR) is 79.9 cm³/mol. The Hall–Kier alpha value is -1.23. The maximum absolute atomic E-state index is 11.8.